The van der Waals surface area contributed by atoms with E-state index in [1.54, 1.807) is 19.2 Å². The lowest BCUT2D eigenvalue weighted by atomic mass is 10.1. The van der Waals surface area contributed by atoms with Crippen LogP contribution >= 0.6 is 0 Å². The van der Waals surface area contributed by atoms with Crippen LogP contribution < -0.4 is 10.6 Å². The molecule has 1 unspecified atom stereocenters. The molecule has 0 aromatic heterocycles. The molecule has 0 saturated carbocycles. The van der Waals surface area contributed by atoms with Gasteiger partial charge in [0.15, 0.2) is 0 Å². The standard InChI is InChI=1S/C14H20N2O4/c1-10(6-7-20-2)16-14(19)15-9-11-4-3-5-12(8-11)13(17)18/h3-5,8,10H,6-7,9H2,1-2H3,(H,17,18)(H2,15,16,19). The summed E-state index contributed by atoms with van der Waals surface area (Å²) < 4.78 is 4.93. The molecule has 3 N–H and O–H groups in total. The molecule has 0 saturated heterocycles. The number of methoxy groups -OCH3 is 1. The number of hydrogen-bond acceptors (Lipinski definition) is 3. The summed E-state index contributed by atoms with van der Waals surface area (Å²) in [6.45, 7) is 2.76. The highest BCUT2D eigenvalue weighted by molar-refractivity contribution is 5.87. The Morgan fingerprint density at radius 3 is 2.80 bits per heavy atom. The predicted octanol–water partition coefficient (Wildman–Crippen LogP) is 1.61. The van der Waals surface area contributed by atoms with Gasteiger partial charge in [-0.15, -0.1) is 0 Å². The number of carboxylic acids is 1. The van der Waals surface area contributed by atoms with Gasteiger partial charge in [-0.25, -0.2) is 9.59 Å². The van der Waals surface area contributed by atoms with Crippen molar-refractivity contribution in [3.05, 3.63) is 35.4 Å². The zero-order chi connectivity index (χ0) is 15.0. The van der Waals surface area contributed by atoms with Crippen LogP contribution in [-0.2, 0) is 11.3 Å². The highest BCUT2D eigenvalue weighted by atomic mass is 16.5. The molecule has 0 bridgehead atoms. The number of amides is 2. The first-order valence-corrected chi connectivity index (χ1v) is 6.38. The van der Waals surface area contributed by atoms with Crippen molar-refractivity contribution < 1.29 is 19.4 Å². The van der Waals surface area contributed by atoms with Crippen LogP contribution in [0.5, 0.6) is 0 Å². The minimum atomic E-state index is -0.982. The van der Waals surface area contributed by atoms with Gasteiger partial charge in [-0.05, 0) is 31.0 Å². The lowest BCUT2D eigenvalue weighted by Gasteiger charge is -2.14. The molecule has 6 heteroatoms. The first kappa shape index (κ1) is 16.0. The lowest BCUT2D eigenvalue weighted by Crippen LogP contribution is -2.40. The number of carbonyl (C=O) groups excluding carboxylic acids is 1. The minimum Gasteiger partial charge on any atom is -0.478 e. The molecule has 110 valence electrons. The van der Waals surface area contributed by atoms with E-state index in [1.807, 2.05) is 6.92 Å². The highest BCUT2D eigenvalue weighted by Crippen LogP contribution is 2.05. The van der Waals surface area contributed by atoms with Crippen molar-refractivity contribution in [1.29, 1.82) is 0 Å². The topological polar surface area (TPSA) is 87.7 Å². The summed E-state index contributed by atoms with van der Waals surface area (Å²) in [7, 11) is 1.61. The monoisotopic (exact) mass is 280 g/mol. The maximum atomic E-state index is 11.6. The van der Waals surface area contributed by atoms with Gasteiger partial charge in [-0.1, -0.05) is 12.1 Å². The molecular formula is C14H20N2O4. The van der Waals surface area contributed by atoms with Gasteiger partial charge in [0.25, 0.3) is 0 Å². The van der Waals surface area contributed by atoms with Gasteiger partial charge < -0.3 is 20.5 Å². The molecular weight excluding hydrogens is 260 g/mol. The van der Waals surface area contributed by atoms with Crippen molar-refractivity contribution in [3.63, 3.8) is 0 Å². The summed E-state index contributed by atoms with van der Waals surface area (Å²) in [5.74, 6) is -0.982. The fourth-order valence-corrected chi connectivity index (χ4v) is 1.64. The second kappa shape index (κ2) is 8.16. The minimum absolute atomic E-state index is 0.0142. The van der Waals surface area contributed by atoms with Crippen molar-refractivity contribution in [2.24, 2.45) is 0 Å². The number of aromatic carboxylic acids is 1. The van der Waals surface area contributed by atoms with Crippen LogP contribution in [0.2, 0.25) is 0 Å². The first-order chi connectivity index (χ1) is 9.52. The number of ether oxygens (including phenoxy) is 1. The fourth-order valence-electron chi connectivity index (χ4n) is 1.64. The van der Waals surface area contributed by atoms with Crippen LogP contribution in [-0.4, -0.2) is 36.9 Å². The number of benzene rings is 1. The number of nitrogens with one attached hydrogen (secondary N) is 2. The summed E-state index contributed by atoms with van der Waals surface area (Å²) in [5.41, 5.74) is 0.947. The molecule has 0 fully saturated rings. The number of urea groups is 1. The number of hydrogen-bond donors (Lipinski definition) is 3. The number of rotatable bonds is 7. The maximum absolute atomic E-state index is 11.6. The molecule has 1 atom stereocenters. The Labute approximate surface area is 118 Å². The van der Waals surface area contributed by atoms with Crippen molar-refractivity contribution in [2.45, 2.75) is 25.9 Å². The molecule has 6 nitrogen and oxygen atoms in total. The molecule has 0 aliphatic rings. The molecule has 0 spiro atoms. The Morgan fingerprint density at radius 1 is 1.40 bits per heavy atom. The van der Waals surface area contributed by atoms with Gasteiger partial charge in [0.1, 0.15) is 0 Å². The Kier molecular flexibility index (Phi) is 6.52. The van der Waals surface area contributed by atoms with E-state index in [9.17, 15) is 9.59 Å². The van der Waals surface area contributed by atoms with Gasteiger partial charge in [-0.2, -0.15) is 0 Å². The summed E-state index contributed by atoms with van der Waals surface area (Å²) in [4.78, 5) is 22.5. The van der Waals surface area contributed by atoms with E-state index < -0.39 is 5.97 Å². The van der Waals surface area contributed by atoms with E-state index in [-0.39, 0.29) is 24.2 Å². The SMILES string of the molecule is COCCC(C)NC(=O)NCc1cccc(C(=O)O)c1. The van der Waals surface area contributed by atoms with E-state index >= 15 is 0 Å². The van der Waals surface area contributed by atoms with Crippen molar-refractivity contribution in [1.82, 2.24) is 10.6 Å². The Balaban J connectivity index is 2.41. The molecule has 1 aromatic rings. The van der Waals surface area contributed by atoms with Crippen LogP contribution in [0, 0.1) is 0 Å². The number of carboxylic acid groups (broad SMARTS) is 1. The molecule has 0 aliphatic heterocycles. The van der Waals surface area contributed by atoms with Crippen LogP contribution in [0.1, 0.15) is 29.3 Å². The quantitative estimate of drug-likeness (QED) is 0.708. The average Bonchev–Trinajstić information content (AvgIpc) is 2.43. The summed E-state index contributed by atoms with van der Waals surface area (Å²) >= 11 is 0. The first-order valence-electron chi connectivity index (χ1n) is 6.38. The third-order valence-corrected chi connectivity index (χ3v) is 2.76. The van der Waals surface area contributed by atoms with Crippen molar-refractivity contribution in [3.8, 4) is 0 Å². The van der Waals surface area contributed by atoms with E-state index in [0.29, 0.717) is 6.61 Å². The molecule has 20 heavy (non-hydrogen) atoms. The highest BCUT2D eigenvalue weighted by Gasteiger charge is 2.07. The Bertz CT molecular complexity index is 462. The molecule has 0 radical (unpaired) electrons. The smallest absolute Gasteiger partial charge is 0.335 e. The van der Waals surface area contributed by atoms with E-state index in [0.717, 1.165) is 12.0 Å². The predicted molar refractivity (Wildman–Crippen MR) is 74.7 cm³/mol. The fraction of sp³-hybridized carbons (Fsp3) is 0.429. The zero-order valence-electron chi connectivity index (χ0n) is 11.7. The lowest BCUT2D eigenvalue weighted by molar-refractivity contribution is 0.0696. The molecule has 0 aliphatic carbocycles. The van der Waals surface area contributed by atoms with Crippen molar-refractivity contribution in [2.75, 3.05) is 13.7 Å². The van der Waals surface area contributed by atoms with Gasteiger partial charge in [0.05, 0.1) is 5.56 Å². The van der Waals surface area contributed by atoms with Crippen LogP contribution in [0.25, 0.3) is 0 Å². The third kappa shape index (κ3) is 5.71. The normalized spacial score (nSPS) is 11.7. The Morgan fingerprint density at radius 2 is 2.15 bits per heavy atom. The summed E-state index contributed by atoms with van der Waals surface area (Å²) in [6.07, 6.45) is 0.735. The van der Waals surface area contributed by atoms with Gasteiger partial charge >= 0.3 is 12.0 Å². The van der Waals surface area contributed by atoms with Crippen molar-refractivity contribution >= 4 is 12.0 Å². The van der Waals surface area contributed by atoms with Gasteiger partial charge in [0, 0.05) is 26.3 Å². The summed E-state index contributed by atoms with van der Waals surface area (Å²) in [5, 5.41) is 14.3. The molecule has 1 aromatic carbocycles. The zero-order valence-corrected chi connectivity index (χ0v) is 11.7. The summed E-state index contributed by atoms with van der Waals surface area (Å²) in [6, 6.07) is 6.20. The number of carbonyl (C=O) groups is 2. The van der Waals surface area contributed by atoms with Gasteiger partial charge in [-0.3, -0.25) is 0 Å². The second-order valence-electron chi connectivity index (χ2n) is 4.52. The third-order valence-electron chi connectivity index (χ3n) is 2.76. The van der Waals surface area contributed by atoms with E-state index in [1.165, 1.54) is 12.1 Å². The molecule has 1 rings (SSSR count). The molecule has 0 heterocycles. The van der Waals surface area contributed by atoms with E-state index in [2.05, 4.69) is 10.6 Å². The Hall–Kier alpha value is -2.08. The largest absolute Gasteiger partial charge is 0.478 e. The average molecular weight is 280 g/mol. The maximum Gasteiger partial charge on any atom is 0.335 e. The van der Waals surface area contributed by atoms with E-state index in [4.69, 9.17) is 9.84 Å². The van der Waals surface area contributed by atoms with Gasteiger partial charge in [0.2, 0.25) is 0 Å². The van der Waals surface area contributed by atoms with Crippen LogP contribution in [0.3, 0.4) is 0 Å². The van der Waals surface area contributed by atoms with Crippen LogP contribution in [0.4, 0.5) is 4.79 Å². The van der Waals surface area contributed by atoms with Crippen LogP contribution in [0.15, 0.2) is 24.3 Å². The second-order valence-corrected chi connectivity index (χ2v) is 4.52. The molecule has 2 amide bonds.